The average Bonchev–Trinajstić information content (AvgIpc) is 3.25. The van der Waals surface area contributed by atoms with E-state index in [1.807, 2.05) is 44.2 Å². The van der Waals surface area contributed by atoms with Gasteiger partial charge in [-0.3, -0.25) is 29.2 Å². The molecule has 0 spiro atoms. The molecule has 3 aromatic rings. The Labute approximate surface area is 197 Å². The van der Waals surface area contributed by atoms with E-state index in [4.69, 9.17) is 0 Å². The lowest BCUT2D eigenvalue weighted by atomic mass is 9.85. The molecule has 0 aliphatic heterocycles. The Bertz CT molecular complexity index is 1050. The first-order chi connectivity index (χ1) is 16.0. The van der Waals surface area contributed by atoms with Crippen molar-refractivity contribution in [3.63, 3.8) is 0 Å². The fourth-order valence-electron chi connectivity index (χ4n) is 4.75. The Balaban J connectivity index is 2.02. The molecule has 2 N–H and O–H groups in total. The minimum absolute atomic E-state index is 0.0210. The summed E-state index contributed by atoms with van der Waals surface area (Å²) in [5.74, 6) is -0.396. The Morgan fingerprint density at radius 2 is 1.15 bits per heavy atom. The summed E-state index contributed by atoms with van der Waals surface area (Å²) < 4.78 is 3.45. The second kappa shape index (κ2) is 11.9. The maximum Gasteiger partial charge on any atom is 0.270 e. The standard InChI is InChI=1S/C27H40N4O2/c1-5-7-9-14-18-30-26(32)23(20(3)28-30)25(22-16-12-11-13-17-22)24-21(4)29-31(27(24)33)19-15-10-8-6-2/h11-13,16-17,25,28-29H,5-10,14-15,18-19H2,1-4H3. The summed E-state index contributed by atoms with van der Waals surface area (Å²) in [6, 6.07) is 9.93. The highest BCUT2D eigenvalue weighted by Crippen LogP contribution is 2.31. The first-order valence-corrected chi connectivity index (χ1v) is 12.6. The Hall–Kier alpha value is -2.76. The number of hydrogen-bond donors (Lipinski definition) is 2. The predicted molar refractivity (Wildman–Crippen MR) is 135 cm³/mol. The average molecular weight is 453 g/mol. The molecule has 0 fully saturated rings. The van der Waals surface area contributed by atoms with E-state index in [2.05, 4.69) is 24.0 Å². The van der Waals surface area contributed by atoms with E-state index in [1.165, 1.54) is 12.8 Å². The second-order valence-electron chi connectivity index (χ2n) is 9.18. The van der Waals surface area contributed by atoms with Gasteiger partial charge in [-0.2, -0.15) is 0 Å². The number of H-pyrrole nitrogens is 2. The smallest absolute Gasteiger partial charge is 0.270 e. The Morgan fingerprint density at radius 3 is 1.58 bits per heavy atom. The van der Waals surface area contributed by atoms with Crippen molar-refractivity contribution in [2.24, 2.45) is 0 Å². The molecular formula is C27H40N4O2. The molecule has 0 aliphatic carbocycles. The first kappa shape index (κ1) is 24.9. The number of hydrogen-bond acceptors (Lipinski definition) is 2. The summed E-state index contributed by atoms with van der Waals surface area (Å²) in [5.41, 5.74) is 3.94. The number of aromatic amines is 2. The van der Waals surface area contributed by atoms with Crippen molar-refractivity contribution in [3.8, 4) is 0 Å². The molecular weight excluding hydrogens is 412 g/mol. The van der Waals surface area contributed by atoms with Crippen molar-refractivity contribution in [3.05, 3.63) is 79.1 Å². The molecule has 0 aliphatic rings. The van der Waals surface area contributed by atoms with Gasteiger partial charge < -0.3 is 0 Å². The van der Waals surface area contributed by atoms with Crippen LogP contribution in [0.4, 0.5) is 0 Å². The zero-order valence-corrected chi connectivity index (χ0v) is 20.7. The van der Waals surface area contributed by atoms with Gasteiger partial charge in [-0.05, 0) is 32.3 Å². The van der Waals surface area contributed by atoms with Crippen molar-refractivity contribution in [2.75, 3.05) is 0 Å². The topological polar surface area (TPSA) is 75.6 Å². The fraction of sp³-hybridized carbons (Fsp3) is 0.556. The van der Waals surface area contributed by atoms with Gasteiger partial charge in [-0.25, -0.2) is 0 Å². The van der Waals surface area contributed by atoms with E-state index in [0.717, 1.165) is 55.5 Å². The minimum atomic E-state index is -0.396. The number of aryl methyl sites for hydroxylation is 4. The molecule has 0 atom stereocenters. The summed E-state index contributed by atoms with van der Waals surface area (Å²) in [7, 11) is 0. The van der Waals surface area contributed by atoms with Gasteiger partial charge in [0.1, 0.15) is 0 Å². The summed E-state index contributed by atoms with van der Waals surface area (Å²) >= 11 is 0. The van der Waals surface area contributed by atoms with E-state index < -0.39 is 5.92 Å². The maximum atomic E-state index is 13.5. The lowest BCUT2D eigenvalue weighted by Crippen LogP contribution is -2.26. The van der Waals surface area contributed by atoms with Gasteiger partial charge in [0, 0.05) is 30.4 Å². The van der Waals surface area contributed by atoms with Crippen molar-refractivity contribution >= 4 is 0 Å². The molecule has 0 bridgehead atoms. The molecule has 33 heavy (non-hydrogen) atoms. The third kappa shape index (κ3) is 5.79. The SMILES string of the molecule is CCCCCCn1[nH]c(C)c(C(c2ccccc2)c2c(C)[nH]n(CCCCCC)c2=O)c1=O. The molecule has 2 aromatic heterocycles. The molecule has 0 radical (unpaired) electrons. The zero-order chi connectivity index (χ0) is 23.8. The van der Waals surface area contributed by atoms with Crippen LogP contribution in [0.5, 0.6) is 0 Å². The van der Waals surface area contributed by atoms with Gasteiger partial charge in [-0.1, -0.05) is 82.7 Å². The van der Waals surface area contributed by atoms with Crippen LogP contribution in [0.1, 0.15) is 99.2 Å². The predicted octanol–water partition coefficient (Wildman–Crippen LogP) is 5.62. The third-order valence-corrected chi connectivity index (χ3v) is 6.55. The van der Waals surface area contributed by atoms with Gasteiger partial charge in [0.05, 0.1) is 11.1 Å². The fourth-order valence-corrected chi connectivity index (χ4v) is 4.75. The van der Waals surface area contributed by atoms with Crippen LogP contribution < -0.4 is 11.1 Å². The van der Waals surface area contributed by atoms with Gasteiger partial charge in [-0.15, -0.1) is 0 Å². The van der Waals surface area contributed by atoms with Gasteiger partial charge in [0.15, 0.2) is 0 Å². The molecule has 1 aromatic carbocycles. The van der Waals surface area contributed by atoms with Crippen molar-refractivity contribution in [2.45, 2.75) is 98.1 Å². The van der Waals surface area contributed by atoms with Crippen LogP contribution in [-0.2, 0) is 13.1 Å². The molecule has 0 amide bonds. The molecule has 0 saturated carbocycles. The van der Waals surface area contributed by atoms with Crippen molar-refractivity contribution < 1.29 is 0 Å². The highest BCUT2D eigenvalue weighted by molar-refractivity contribution is 5.44. The molecule has 6 heteroatoms. The highest BCUT2D eigenvalue weighted by Gasteiger charge is 2.30. The van der Waals surface area contributed by atoms with Crippen molar-refractivity contribution in [1.82, 2.24) is 19.6 Å². The highest BCUT2D eigenvalue weighted by atomic mass is 16.1. The summed E-state index contributed by atoms with van der Waals surface area (Å²) in [6.07, 6.45) is 8.83. The van der Waals surface area contributed by atoms with Crippen LogP contribution in [0, 0.1) is 13.8 Å². The number of nitrogens with one attached hydrogen (secondary N) is 2. The van der Waals surface area contributed by atoms with Crippen LogP contribution in [-0.4, -0.2) is 19.6 Å². The van der Waals surface area contributed by atoms with Crippen LogP contribution in [0.2, 0.25) is 0 Å². The van der Waals surface area contributed by atoms with Gasteiger partial charge in [0.2, 0.25) is 0 Å². The van der Waals surface area contributed by atoms with Crippen LogP contribution in [0.25, 0.3) is 0 Å². The number of benzene rings is 1. The normalized spacial score (nSPS) is 11.5. The van der Waals surface area contributed by atoms with Gasteiger partial charge >= 0.3 is 0 Å². The molecule has 6 nitrogen and oxygen atoms in total. The Morgan fingerprint density at radius 1 is 0.697 bits per heavy atom. The number of rotatable bonds is 13. The van der Waals surface area contributed by atoms with Crippen LogP contribution >= 0.6 is 0 Å². The monoisotopic (exact) mass is 452 g/mol. The van der Waals surface area contributed by atoms with Gasteiger partial charge in [0.25, 0.3) is 11.1 Å². The largest absolute Gasteiger partial charge is 0.300 e. The second-order valence-corrected chi connectivity index (χ2v) is 9.18. The third-order valence-electron chi connectivity index (χ3n) is 6.55. The molecule has 3 rings (SSSR count). The Kier molecular flexibility index (Phi) is 8.98. The summed E-state index contributed by atoms with van der Waals surface area (Å²) in [5, 5.41) is 6.58. The quantitative estimate of drug-likeness (QED) is 0.330. The molecule has 0 unspecified atom stereocenters. The molecule has 2 heterocycles. The van der Waals surface area contributed by atoms with Crippen LogP contribution in [0.3, 0.4) is 0 Å². The zero-order valence-electron chi connectivity index (χ0n) is 20.7. The molecule has 0 saturated heterocycles. The number of nitrogens with zero attached hydrogens (tertiary/aromatic N) is 2. The molecule has 180 valence electrons. The summed E-state index contributed by atoms with van der Waals surface area (Å²) in [4.78, 5) is 27.1. The van der Waals surface area contributed by atoms with E-state index in [-0.39, 0.29) is 11.1 Å². The first-order valence-electron chi connectivity index (χ1n) is 12.6. The van der Waals surface area contributed by atoms with E-state index >= 15 is 0 Å². The number of aromatic nitrogens is 4. The maximum absolute atomic E-state index is 13.5. The van der Waals surface area contributed by atoms with E-state index in [0.29, 0.717) is 24.2 Å². The lowest BCUT2D eigenvalue weighted by Gasteiger charge is -2.15. The minimum Gasteiger partial charge on any atom is -0.300 e. The van der Waals surface area contributed by atoms with Crippen LogP contribution in [0.15, 0.2) is 39.9 Å². The van der Waals surface area contributed by atoms with E-state index in [1.54, 1.807) is 9.36 Å². The lowest BCUT2D eigenvalue weighted by molar-refractivity contribution is 0.526. The van der Waals surface area contributed by atoms with E-state index in [9.17, 15) is 9.59 Å². The van der Waals surface area contributed by atoms with Crippen molar-refractivity contribution in [1.29, 1.82) is 0 Å². The number of unbranched alkanes of at least 4 members (excludes halogenated alkanes) is 6. The summed E-state index contributed by atoms with van der Waals surface area (Å²) in [6.45, 7) is 9.61.